The van der Waals surface area contributed by atoms with Gasteiger partial charge in [-0.25, -0.2) is 8.78 Å². The molecule has 0 aliphatic carbocycles. The fourth-order valence-corrected chi connectivity index (χ4v) is 1.96. The van der Waals surface area contributed by atoms with Gasteiger partial charge in [-0.1, -0.05) is 30.3 Å². The van der Waals surface area contributed by atoms with Crippen LogP contribution in [-0.4, -0.2) is 12.5 Å². The van der Waals surface area contributed by atoms with E-state index in [0.29, 0.717) is 0 Å². The van der Waals surface area contributed by atoms with Crippen molar-refractivity contribution >= 4 is 11.6 Å². The minimum atomic E-state index is -0.977. The monoisotopic (exact) mass is 291 g/mol. The number of hydrogen-bond acceptors (Lipinski definition) is 1. The van der Waals surface area contributed by atoms with Crippen LogP contribution in [0.25, 0.3) is 0 Å². The molecular formula is C16H17F2N2O+. The molecule has 0 bridgehead atoms. The number of hydrogen-bond donors (Lipinski definition) is 2. The van der Waals surface area contributed by atoms with Crippen molar-refractivity contribution in [2.45, 2.75) is 13.0 Å². The highest BCUT2D eigenvalue weighted by atomic mass is 19.2. The molecule has 2 aromatic rings. The third kappa shape index (κ3) is 4.36. The Morgan fingerprint density at radius 2 is 1.86 bits per heavy atom. The third-order valence-corrected chi connectivity index (χ3v) is 3.19. The third-order valence-electron chi connectivity index (χ3n) is 3.19. The standard InChI is InChI=1S/C16H16F2N2O/c1-11(12-5-3-2-4-6-12)19-10-16(21)20-13-7-8-14(17)15(18)9-13/h2-9,11,19H,10H2,1H3,(H,20,21)/p+1/t11-/m0/s1. The van der Waals surface area contributed by atoms with Crippen LogP contribution in [0.2, 0.25) is 0 Å². The highest BCUT2D eigenvalue weighted by Gasteiger charge is 2.12. The summed E-state index contributed by atoms with van der Waals surface area (Å²) in [4.78, 5) is 11.8. The van der Waals surface area contributed by atoms with Crippen LogP contribution in [0.3, 0.4) is 0 Å². The number of anilines is 1. The van der Waals surface area contributed by atoms with Gasteiger partial charge in [0, 0.05) is 17.3 Å². The van der Waals surface area contributed by atoms with Gasteiger partial charge >= 0.3 is 0 Å². The van der Waals surface area contributed by atoms with Crippen molar-refractivity contribution in [2.75, 3.05) is 11.9 Å². The molecule has 21 heavy (non-hydrogen) atoms. The Hall–Kier alpha value is -2.27. The summed E-state index contributed by atoms with van der Waals surface area (Å²) in [6.07, 6.45) is 0. The van der Waals surface area contributed by atoms with E-state index in [2.05, 4.69) is 5.32 Å². The zero-order chi connectivity index (χ0) is 15.2. The molecule has 0 saturated carbocycles. The number of benzene rings is 2. The molecule has 0 radical (unpaired) electrons. The number of rotatable bonds is 5. The molecule has 110 valence electrons. The Morgan fingerprint density at radius 1 is 1.14 bits per heavy atom. The molecule has 3 nitrogen and oxygen atoms in total. The predicted octanol–water partition coefficient (Wildman–Crippen LogP) is 2.23. The van der Waals surface area contributed by atoms with Gasteiger partial charge < -0.3 is 10.6 Å². The molecule has 0 aliphatic heterocycles. The van der Waals surface area contributed by atoms with E-state index < -0.39 is 11.6 Å². The van der Waals surface area contributed by atoms with Crippen LogP contribution in [-0.2, 0) is 4.79 Å². The largest absolute Gasteiger partial charge is 0.333 e. The summed E-state index contributed by atoms with van der Waals surface area (Å²) in [5.41, 5.74) is 1.37. The van der Waals surface area contributed by atoms with E-state index in [1.54, 1.807) is 0 Å². The van der Waals surface area contributed by atoms with E-state index in [0.717, 1.165) is 17.7 Å². The molecule has 0 saturated heterocycles. The summed E-state index contributed by atoms with van der Waals surface area (Å²) < 4.78 is 25.8. The van der Waals surface area contributed by atoms with Crippen LogP contribution < -0.4 is 10.6 Å². The maximum absolute atomic E-state index is 13.0. The maximum atomic E-state index is 13.0. The Morgan fingerprint density at radius 3 is 2.52 bits per heavy atom. The molecule has 2 rings (SSSR count). The number of carbonyl (C=O) groups is 1. The Kier molecular flexibility index (Phi) is 5.00. The van der Waals surface area contributed by atoms with Gasteiger partial charge in [-0.2, -0.15) is 0 Å². The van der Waals surface area contributed by atoms with Crippen LogP contribution in [0.5, 0.6) is 0 Å². The summed E-state index contributed by atoms with van der Waals surface area (Å²) in [5, 5.41) is 4.42. The summed E-state index contributed by atoms with van der Waals surface area (Å²) in [7, 11) is 0. The number of nitrogens with one attached hydrogen (secondary N) is 1. The van der Waals surface area contributed by atoms with Crippen LogP contribution in [0, 0.1) is 11.6 Å². The van der Waals surface area contributed by atoms with E-state index in [1.165, 1.54) is 6.07 Å². The fraction of sp³-hybridized carbons (Fsp3) is 0.188. The number of carbonyl (C=O) groups excluding carboxylic acids is 1. The fourth-order valence-electron chi connectivity index (χ4n) is 1.96. The Bertz CT molecular complexity index is 617. The topological polar surface area (TPSA) is 45.7 Å². The highest BCUT2D eigenvalue weighted by molar-refractivity contribution is 5.91. The summed E-state index contributed by atoms with van der Waals surface area (Å²) in [6, 6.07) is 13.2. The van der Waals surface area contributed by atoms with Gasteiger partial charge in [0.05, 0.1) is 0 Å². The first kappa shape index (κ1) is 15.1. The molecule has 0 aliphatic rings. The molecule has 0 fully saturated rings. The zero-order valence-electron chi connectivity index (χ0n) is 11.6. The van der Waals surface area contributed by atoms with Crippen LogP contribution in [0.1, 0.15) is 18.5 Å². The van der Waals surface area contributed by atoms with E-state index in [4.69, 9.17) is 0 Å². The smallest absolute Gasteiger partial charge is 0.279 e. The van der Waals surface area contributed by atoms with E-state index in [1.807, 2.05) is 42.6 Å². The quantitative estimate of drug-likeness (QED) is 0.872. The van der Waals surface area contributed by atoms with Gasteiger partial charge in [-0.05, 0) is 19.1 Å². The molecule has 0 unspecified atom stereocenters. The lowest BCUT2D eigenvalue weighted by Crippen LogP contribution is -2.86. The second kappa shape index (κ2) is 6.95. The molecule has 2 aromatic carbocycles. The van der Waals surface area contributed by atoms with Crippen molar-refractivity contribution < 1.29 is 18.9 Å². The average Bonchev–Trinajstić information content (AvgIpc) is 2.49. The van der Waals surface area contributed by atoms with Gasteiger partial charge in [0.1, 0.15) is 6.04 Å². The van der Waals surface area contributed by atoms with Crippen molar-refractivity contribution in [2.24, 2.45) is 0 Å². The first-order valence-electron chi connectivity index (χ1n) is 6.69. The molecule has 0 aromatic heterocycles. The first-order valence-corrected chi connectivity index (χ1v) is 6.69. The first-order chi connectivity index (χ1) is 10.1. The molecule has 1 amide bonds. The van der Waals surface area contributed by atoms with Gasteiger partial charge in [-0.15, -0.1) is 0 Å². The summed E-state index contributed by atoms with van der Waals surface area (Å²) in [5.74, 6) is -2.17. The molecular weight excluding hydrogens is 274 g/mol. The molecule has 3 N–H and O–H groups in total. The Labute approximate surface area is 122 Å². The molecule has 1 atom stereocenters. The lowest BCUT2D eigenvalue weighted by molar-refractivity contribution is -0.682. The second-order valence-corrected chi connectivity index (χ2v) is 4.82. The minimum absolute atomic E-state index is 0.141. The molecule has 5 heteroatoms. The predicted molar refractivity (Wildman–Crippen MR) is 76.6 cm³/mol. The minimum Gasteiger partial charge on any atom is -0.333 e. The lowest BCUT2D eigenvalue weighted by Gasteiger charge is -2.11. The van der Waals surface area contributed by atoms with Gasteiger partial charge in [0.25, 0.3) is 5.91 Å². The van der Waals surface area contributed by atoms with E-state index in [9.17, 15) is 13.6 Å². The maximum Gasteiger partial charge on any atom is 0.279 e. The van der Waals surface area contributed by atoms with E-state index in [-0.39, 0.29) is 24.2 Å². The lowest BCUT2D eigenvalue weighted by atomic mass is 10.1. The van der Waals surface area contributed by atoms with Crippen molar-refractivity contribution in [3.05, 3.63) is 65.7 Å². The van der Waals surface area contributed by atoms with Crippen LogP contribution in [0.4, 0.5) is 14.5 Å². The normalized spacial score (nSPS) is 12.0. The van der Waals surface area contributed by atoms with Crippen molar-refractivity contribution in [1.82, 2.24) is 0 Å². The van der Waals surface area contributed by atoms with Crippen molar-refractivity contribution in [3.8, 4) is 0 Å². The van der Waals surface area contributed by atoms with Crippen molar-refractivity contribution in [1.29, 1.82) is 0 Å². The SMILES string of the molecule is C[C@H]([NH2+]CC(=O)Nc1ccc(F)c(F)c1)c1ccccc1. The second-order valence-electron chi connectivity index (χ2n) is 4.82. The number of quaternary nitrogens is 1. The summed E-state index contributed by atoms with van der Waals surface area (Å²) in [6.45, 7) is 2.20. The van der Waals surface area contributed by atoms with E-state index >= 15 is 0 Å². The average molecular weight is 291 g/mol. The van der Waals surface area contributed by atoms with Crippen LogP contribution >= 0.6 is 0 Å². The Balaban J connectivity index is 1.86. The van der Waals surface area contributed by atoms with Crippen LogP contribution in [0.15, 0.2) is 48.5 Å². The molecule has 0 heterocycles. The number of halogens is 2. The molecule has 0 spiro atoms. The van der Waals surface area contributed by atoms with Gasteiger partial charge in [0.2, 0.25) is 0 Å². The highest BCUT2D eigenvalue weighted by Crippen LogP contribution is 2.12. The number of nitrogens with two attached hydrogens (primary N) is 1. The van der Waals surface area contributed by atoms with Gasteiger partial charge in [0.15, 0.2) is 18.2 Å². The number of amides is 1. The van der Waals surface area contributed by atoms with Gasteiger partial charge in [-0.3, -0.25) is 4.79 Å². The van der Waals surface area contributed by atoms with Crippen molar-refractivity contribution in [3.63, 3.8) is 0 Å². The zero-order valence-corrected chi connectivity index (χ0v) is 11.6. The summed E-state index contributed by atoms with van der Waals surface area (Å²) >= 11 is 0.